The topological polar surface area (TPSA) is 30.7 Å². The van der Waals surface area contributed by atoms with Crippen LogP contribution in [0.1, 0.15) is 17.1 Å². The average Bonchev–Trinajstić information content (AvgIpc) is 2.32. The van der Waals surface area contributed by atoms with E-state index in [-0.39, 0.29) is 0 Å². The molecule has 0 spiro atoms. The normalized spacial score (nSPS) is 11.1. The zero-order valence-electron chi connectivity index (χ0n) is 8.42. The van der Waals surface area contributed by atoms with Crippen molar-refractivity contribution >= 4 is 11.2 Å². The highest BCUT2D eigenvalue weighted by atomic mass is 15.1. The molecule has 3 nitrogen and oxygen atoms in total. The highest BCUT2D eigenvalue weighted by molar-refractivity contribution is 5.75. The first-order chi connectivity index (χ1) is 6.09. The van der Waals surface area contributed by atoms with Gasteiger partial charge < -0.3 is 4.57 Å². The number of aryl methyl sites for hydroxylation is 4. The second-order valence-corrected chi connectivity index (χ2v) is 3.47. The van der Waals surface area contributed by atoms with E-state index in [1.54, 1.807) is 0 Å². The molecule has 0 N–H and O–H groups in total. The van der Waals surface area contributed by atoms with Gasteiger partial charge in [-0.1, -0.05) is 0 Å². The van der Waals surface area contributed by atoms with Gasteiger partial charge in [0.1, 0.15) is 11.3 Å². The third kappa shape index (κ3) is 1.11. The van der Waals surface area contributed by atoms with E-state index in [4.69, 9.17) is 0 Å². The Balaban J connectivity index is 2.94. The van der Waals surface area contributed by atoms with Crippen molar-refractivity contribution in [3.8, 4) is 0 Å². The van der Waals surface area contributed by atoms with Crippen LogP contribution in [0.5, 0.6) is 0 Å². The molecule has 0 aromatic carbocycles. The van der Waals surface area contributed by atoms with Gasteiger partial charge in [-0.2, -0.15) is 0 Å². The molecule has 2 heterocycles. The Morgan fingerprint density at radius 1 is 1.15 bits per heavy atom. The summed E-state index contributed by atoms with van der Waals surface area (Å²) in [4.78, 5) is 8.91. The van der Waals surface area contributed by atoms with Gasteiger partial charge in [-0.05, 0) is 32.4 Å². The lowest BCUT2D eigenvalue weighted by Gasteiger charge is -1.98. The van der Waals surface area contributed by atoms with E-state index in [1.807, 2.05) is 25.5 Å². The molecule has 2 aromatic rings. The van der Waals surface area contributed by atoms with Crippen LogP contribution in [0.2, 0.25) is 0 Å². The molecule has 0 atom stereocenters. The first kappa shape index (κ1) is 8.23. The molecular formula is C10H13N3. The van der Waals surface area contributed by atoms with Gasteiger partial charge in [0, 0.05) is 12.7 Å². The Morgan fingerprint density at radius 2 is 1.85 bits per heavy atom. The van der Waals surface area contributed by atoms with Gasteiger partial charge >= 0.3 is 0 Å². The fourth-order valence-corrected chi connectivity index (χ4v) is 1.57. The van der Waals surface area contributed by atoms with Crippen LogP contribution >= 0.6 is 0 Å². The summed E-state index contributed by atoms with van der Waals surface area (Å²) in [5.74, 6) is 1.01. The van der Waals surface area contributed by atoms with Crippen LogP contribution in [-0.4, -0.2) is 14.5 Å². The molecule has 13 heavy (non-hydrogen) atoms. The fraction of sp³-hybridized carbons (Fsp3) is 0.400. The van der Waals surface area contributed by atoms with E-state index < -0.39 is 0 Å². The van der Waals surface area contributed by atoms with Gasteiger partial charge in [0.2, 0.25) is 0 Å². The largest absolute Gasteiger partial charge is 0.316 e. The molecule has 0 bridgehead atoms. The Hall–Kier alpha value is -1.38. The number of rotatable bonds is 0. The molecule has 0 unspecified atom stereocenters. The first-order valence-corrected chi connectivity index (χ1v) is 4.37. The molecule has 0 aliphatic carbocycles. The monoisotopic (exact) mass is 175 g/mol. The molecule has 2 aromatic heterocycles. The molecule has 0 saturated carbocycles. The Bertz CT molecular complexity index is 468. The minimum absolute atomic E-state index is 0.981. The maximum atomic E-state index is 4.46. The van der Waals surface area contributed by atoms with Crippen molar-refractivity contribution in [1.82, 2.24) is 14.5 Å². The van der Waals surface area contributed by atoms with E-state index in [0.717, 1.165) is 22.7 Å². The van der Waals surface area contributed by atoms with Crippen molar-refractivity contribution in [2.75, 3.05) is 0 Å². The van der Waals surface area contributed by atoms with E-state index >= 15 is 0 Å². The van der Waals surface area contributed by atoms with Gasteiger partial charge in [-0.3, -0.25) is 0 Å². The number of hydrogen-bond donors (Lipinski definition) is 0. The summed E-state index contributed by atoms with van der Waals surface area (Å²) in [6.45, 7) is 6.08. The molecule has 0 aliphatic rings. The highest BCUT2D eigenvalue weighted by Crippen LogP contribution is 2.16. The van der Waals surface area contributed by atoms with Crippen LogP contribution in [0.25, 0.3) is 11.2 Å². The van der Waals surface area contributed by atoms with Crippen LogP contribution in [0.3, 0.4) is 0 Å². The fourth-order valence-electron chi connectivity index (χ4n) is 1.57. The van der Waals surface area contributed by atoms with Crippen LogP contribution < -0.4 is 0 Å². The lowest BCUT2D eigenvalue weighted by molar-refractivity contribution is 0.872. The predicted octanol–water partition coefficient (Wildman–Crippen LogP) is 1.89. The third-order valence-corrected chi connectivity index (χ3v) is 2.37. The number of fused-ring (bicyclic) bond motifs is 1. The molecular weight excluding hydrogens is 162 g/mol. The van der Waals surface area contributed by atoms with Crippen molar-refractivity contribution in [1.29, 1.82) is 0 Å². The van der Waals surface area contributed by atoms with Gasteiger partial charge in [-0.25, -0.2) is 9.97 Å². The quantitative estimate of drug-likeness (QED) is 0.612. The zero-order valence-corrected chi connectivity index (χ0v) is 8.42. The maximum Gasteiger partial charge on any atom is 0.160 e. The number of nitrogens with zero attached hydrogens (tertiary/aromatic N) is 3. The Morgan fingerprint density at radius 3 is 2.54 bits per heavy atom. The van der Waals surface area contributed by atoms with Crippen molar-refractivity contribution in [2.45, 2.75) is 20.8 Å². The zero-order chi connectivity index (χ0) is 9.59. The second-order valence-electron chi connectivity index (χ2n) is 3.47. The van der Waals surface area contributed by atoms with Gasteiger partial charge in [0.25, 0.3) is 0 Å². The number of hydrogen-bond acceptors (Lipinski definition) is 2. The molecule has 0 amide bonds. The smallest absolute Gasteiger partial charge is 0.160 e. The minimum atomic E-state index is 0.981. The van der Waals surface area contributed by atoms with E-state index in [2.05, 4.69) is 23.0 Å². The summed E-state index contributed by atoms with van der Waals surface area (Å²) in [5, 5.41) is 0. The number of imidazole rings is 1. The summed E-state index contributed by atoms with van der Waals surface area (Å²) in [5.41, 5.74) is 4.25. The van der Waals surface area contributed by atoms with Crippen molar-refractivity contribution < 1.29 is 0 Å². The molecule has 0 aliphatic heterocycles. The van der Waals surface area contributed by atoms with E-state index in [0.29, 0.717) is 0 Å². The molecule has 0 fully saturated rings. The summed E-state index contributed by atoms with van der Waals surface area (Å²) >= 11 is 0. The summed E-state index contributed by atoms with van der Waals surface area (Å²) < 4.78 is 2.02. The Kier molecular flexibility index (Phi) is 1.62. The summed E-state index contributed by atoms with van der Waals surface area (Å²) in [7, 11) is 2.00. The number of pyridine rings is 1. The average molecular weight is 175 g/mol. The summed E-state index contributed by atoms with van der Waals surface area (Å²) in [6, 6.07) is 2.06. The summed E-state index contributed by atoms with van der Waals surface area (Å²) in [6.07, 6.45) is 0. The standard InChI is InChI=1S/C10H13N3/c1-6-5-7(2)11-10-9(6)12-8(3)13(10)4/h5H,1-4H3. The van der Waals surface area contributed by atoms with Crippen molar-refractivity contribution in [3.05, 3.63) is 23.1 Å². The second kappa shape index (κ2) is 2.55. The van der Waals surface area contributed by atoms with Gasteiger partial charge in [0.05, 0.1) is 0 Å². The third-order valence-electron chi connectivity index (χ3n) is 2.37. The molecule has 3 heteroatoms. The molecule has 0 radical (unpaired) electrons. The molecule has 68 valence electrons. The number of aromatic nitrogens is 3. The lowest BCUT2D eigenvalue weighted by Crippen LogP contribution is -1.93. The molecule has 2 rings (SSSR count). The first-order valence-electron chi connectivity index (χ1n) is 4.37. The van der Waals surface area contributed by atoms with Crippen LogP contribution in [-0.2, 0) is 7.05 Å². The SMILES string of the molecule is Cc1cc(C)c2nc(C)n(C)c2n1. The lowest BCUT2D eigenvalue weighted by atomic mass is 10.2. The molecule has 0 saturated heterocycles. The van der Waals surface area contributed by atoms with Crippen LogP contribution in [0, 0.1) is 20.8 Å². The van der Waals surface area contributed by atoms with Gasteiger partial charge in [-0.15, -0.1) is 0 Å². The predicted molar refractivity (Wildman–Crippen MR) is 52.7 cm³/mol. The van der Waals surface area contributed by atoms with Crippen molar-refractivity contribution in [2.24, 2.45) is 7.05 Å². The van der Waals surface area contributed by atoms with E-state index in [9.17, 15) is 0 Å². The maximum absolute atomic E-state index is 4.46. The minimum Gasteiger partial charge on any atom is -0.316 e. The van der Waals surface area contributed by atoms with Crippen molar-refractivity contribution in [3.63, 3.8) is 0 Å². The van der Waals surface area contributed by atoms with E-state index in [1.165, 1.54) is 5.56 Å². The highest BCUT2D eigenvalue weighted by Gasteiger charge is 2.07. The van der Waals surface area contributed by atoms with Crippen LogP contribution in [0.4, 0.5) is 0 Å². The van der Waals surface area contributed by atoms with Crippen LogP contribution in [0.15, 0.2) is 6.07 Å². The Labute approximate surface area is 77.4 Å². The van der Waals surface area contributed by atoms with Gasteiger partial charge in [0.15, 0.2) is 5.65 Å².